The molecule has 44 heavy (non-hydrogen) atoms. The molecule has 0 aliphatic carbocycles. The minimum Gasteiger partial charge on any atom is -0.291 e. The lowest BCUT2D eigenvalue weighted by atomic mass is 9.89. The first kappa shape index (κ1) is 27.6. The topological polar surface area (TPSA) is 80.7 Å². The van der Waals surface area contributed by atoms with Crippen LogP contribution >= 0.6 is 11.3 Å². The quantitative estimate of drug-likeness (QED) is 0.185. The summed E-state index contributed by atoms with van der Waals surface area (Å²) in [6.45, 7) is 2.11. The number of thiazole rings is 1. The molecule has 3 heterocycles. The lowest BCUT2D eigenvalue weighted by molar-refractivity contribution is -0.385. The zero-order valence-electron chi connectivity index (χ0n) is 23.7. The smallest absolute Gasteiger partial charge is 0.276 e. The normalized spacial score (nSPS) is 17.7. The Kier molecular flexibility index (Phi) is 7.43. The van der Waals surface area contributed by atoms with E-state index in [-0.39, 0.29) is 17.3 Å². The zero-order valence-corrected chi connectivity index (χ0v) is 24.6. The molecule has 1 unspecified atom stereocenters. The van der Waals surface area contributed by atoms with Crippen molar-refractivity contribution < 1.29 is 4.92 Å². The van der Waals surface area contributed by atoms with Gasteiger partial charge in [-0.3, -0.25) is 24.4 Å². The Morgan fingerprint density at radius 3 is 2.23 bits per heavy atom. The molecular weight excluding hydrogens is 568 g/mol. The number of nitro benzene ring substituents is 1. The molecule has 1 atom stereocenters. The van der Waals surface area contributed by atoms with Gasteiger partial charge in [0, 0.05) is 25.7 Å². The molecule has 7 rings (SSSR count). The zero-order chi connectivity index (χ0) is 30.0. The van der Waals surface area contributed by atoms with Crippen molar-refractivity contribution in [3.05, 3.63) is 184 Å². The Morgan fingerprint density at radius 1 is 0.841 bits per heavy atom. The number of hydrogen-bond acceptors (Lipinski definition) is 6. The maximum Gasteiger partial charge on any atom is 0.276 e. The van der Waals surface area contributed by atoms with Crippen LogP contribution in [0.25, 0.3) is 12.2 Å². The van der Waals surface area contributed by atoms with Crippen LogP contribution in [-0.2, 0) is 6.54 Å². The van der Waals surface area contributed by atoms with E-state index in [1.165, 1.54) is 23.0 Å². The minimum absolute atomic E-state index is 0.0399. The highest BCUT2D eigenvalue weighted by molar-refractivity contribution is 7.07. The summed E-state index contributed by atoms with van der Waals surface area (Å²) in [5.74, 6) is 0. The Labute approximate surface area is 257 Å². The molecule has 0 bridgehead atoms. The number of fused-ring (bicyclic) bond motifs is 1. The Morgan fingerprint density at radius 2 is 1.50 bits per heavy atom. The van der Waals surface area contributed by atoms with Crippen LogP contribution in [0.5, 0.6) is 0 Å². The largest absolute Gasteiger partial charge is 0.291 e. The molecule has 0 amide bonds. The second kappa shape index (κ2) is 11.8. The van der Waals surface area contributed by atoms with Crippen molar-refractivity contribution in [2.75, 3.05) is 13.1 Å². The van der Waals surface area contributed by atoms with Crippen LogP contribution in [-0.4, -0.2) is 27.5 Å². The summed E-state index contributed by atoms with van der Waals surface area (Å²) >= 11 is 1.27. The SMILES string of the molecule is O=c1/c(=C\c2ccccc2[N+](=O)[O-])sc2n1C(c1ccccc1)C1=C(N=2)/C(=C/c2ccccc2)CN(Cc2ccccc2)C1. The van der Waals surface area contributed by atoms with E-state index in [0.717, 1.165) is 34.5 Å². The van der Waals surface area contributed by atoms with Crippen LogP contribution in [0, 0.1) is 10.1 Å². The van der Waals surface area contributed by atoms with Crippen LogP contribution in [0.2, 0.25) is 0 Å². The molecule has 2 aliphatic heterocycles. The van der Waals surface area contributed by atoms with E-state index < -0.39 is 4.92 Å². The third-order valence-electron chi connectivity index (χ3n) is 7.95. The lowest BCUT2D eigenvalue weighted by Crippen LogP contribution is -2.43. The van der Waals surface area contributed by atoms with Gasteiger partial charge >= 0.3 is 0 Å². The van der Waals surface area contributed by atoms with E-state index in [1.807, 2.05) is 42.5 Å². The average Bonchev–Trinajstić information content (AvgIpc) is 3.35. The van der Waals surface area contributed by atoms with Crippen molar-refractivity contribution in [1.82, 2.24) is 9.47 Å². The van der Waals surface area contributed by atoms with Gasteiger partial charge < -0.3 is 0 Å². The first-order valence-corrected chi connectivity index (χ1v) is 15.2. The predicted octanol–water partition coefficient (Wildman–Crippen LogP) is 5.72. The van der Waals surface area contributed by atoms with Crippen LogP contribution in [0.3, 0.4) is 0 Å². The third kappa shape index (κ3) is 5.37. The molecule has 5 aromatic rings. The first-order valence-electron chi connectivity index (χ1n) is 14.4. The molecular formula is C36H28N4O3S. The molecule has 1 aromatic heterocycles. The number of rotatable bonds is 6. The molecule has 0 saturated heterocycles. The van der Waals surface area contributed by atoms with Crippen LogP contribution in [0.1, 0.15) is 28.3 Å². The van der Waals surface area contributed by atoms with Crippen molar-refractivity contribution in [3.8, 4) is 0 Å². The average molecular weight is 597 g/mol. The van der Waals surface area contributed by atoms with E-state index in [0.29, 0.717) is 28.0 Å². The fourth-order valence-electron chi connectivity index (χ4n) is 6.02. The van der Waals surface area contributed by atoms with E-state index in [1.54, 1.807) is 28.8 Å². The van der Waals surface area contributed by atoms with Crippen LogP contribution in [0.4, 0.5) is 5.69 Å². The Balaban J connectivity index is 1.44. The van der Waals surface area contributed by atoms with Crippen molar-refractivity contribution >= 4 is 29.2 Å². The molecule has 0 spiro atoms. The Bertz CT molecular complexity index is 2100. The minimum atomic E-state index is -0.420. The fourth-order valence-corrected chi connectivity index (χ4v) is 7.01. The van der Waals surface area contributed by atoms with Crippen molar-refractivity contribution in [1.29, 1.82) is 0 Å². The number of nitrogens with zero attached hydrogens (tertiary/aromatic N) is 4. The second-order valence-corrected chi connectivity index (χ2v) is 11.9. The van der Waals surface area contributed by atoms with Gasteiger partial charge in [0.25, 0.3) is 11.2 Å². The molecule has 216 valence electrons. The van der Waals surface area contributed by atoms with E-state index >= 15 is 0 Å². The summed E-state index contributed by atoms with van der Waals surface area (Å²) < 4.78 is 2.18. The molecule has 7 nitrogen and oxygen atoms in total. The molecule has 2 aliphatic rings. The summed E-state index contributed by atoms with van der Waals surface area (Å²) in [5.41, 5.74) is 6.50. The monoisotopic (exact) mass is 596 g/mol. The van der Waals surface area contributed by atoms with Crippen LogP contribution < -0.4 is 14.9 Å². The first-order chi connectivity index (χ1) is 21.5. The standard InChI is InChI=1S/C36H28N4O3S/c41-35-32(21-28-18-10-11-19-31(28)40(42)43)44-36-37-33-29(20-25-12-4-1-5-13-25)23-38(22-26-14-6-2-7-15-26)24-30(33)34(39(35)36)27-16-8-3-9-17-27/h1-21,34H,22-24H2/b29-20+,32-21+. The van der Waals surface area contributed by atoms with Crippen molar-refractivity contribution in [2.45, 2.75) is 12.6 Å². The highest BCUT2D eigenvalue weighted by Gasteiger charge is 2.34. The number of aromatic nitrogens is 1. The van der Waals surface area contributed by atoms with E-state index in [2.05, 4.69) is 59.5 Å². The van der Waals surface area contributed by atoms with Gasteiger partial charge in [-0.05, 0) is 46.1 Å². The number of nitro groups is 1. The number of hydrogen-bond donors (Lipinski definition) is 0. The van der Waals surface area contributed by atoms with E-state index in [9.17, 15) is 14.9 Å². The van der Waals surface area contributed by atoms with Gasteiger partial charge in [0.2, 0.25) is 0 Å². The van der Waals surface area contributed by atoms with Gasteiger partial charge in [-0.25, -0.2) is 4.99 Å². The molecule has 0 saturated carbocycles. The number of para-hydroxylation sites is 1. The Hall–Kier alpha value is -5.18. The van der Waals surface area contributed by atoms with Gasteiger partial charge in [0.15, 0.2) is 4.80 Å². The summed E-state index contributed by atoms with van der Waals surface area (Å²) in [4.78, 5) is 33.6. The highest BCUT2D eigenvalue weighted by atomic mass is 32.1. The van der Waals surface area contributed by atoms with Crippen molar-refractivity contribution in [2.24, 2.45) is 4.99 Å². The van der Waals surface area contributed by atoms with Gasteiger partial charge in [-0.15, -0.1) is 0 Å². The lowest BCUT2D eigenvalue weighted by Gasteiger charge is -2.37. The third-order valence-corrected chi connectivity index (χ3v) is 8.94. The maximum atomic E-state index is 14.2. The van der Waals surface area contributed by atoms with Gasteiger partial charge in [0.05, 0.1) is 26.8 Å². The molecule has 4 aromatic carbocycles. The van der Waals surface area contributed by atoms with Gasteiger partial charge in [-0.2, -0.15) is 0 Å². The van der Waals surface area contributed by atoms with Crippen molar-refractivity contribution in [3.63, 3.8) is 0 Å². The second-order valence-electron chi connectivity index (χ2n) is 10.9. The van der Waals surface area contributed by atoms with Gasteiger partial charge in [-0.1, -0.05) is 114 Å². The summed E-state index contributed by atoms with van der Waals surface area (Å²) in [5, 5.41) is 11.7. The molecule has 0 radical (unpaired) electrons. The van der Waals surface area contributed by atoms with Crippen LogP contribution in [0.15, 0.2) is 142 Å². The molecule has 0 fully saturated rings. The predicted molar refractivity (Wildman–Crippen MR) is 174 cm³/mol. The summed E-state index contributed by atoms with van der Waals surface area (Å²) in [6.07, 6.45) is 3.81. The maximum absolute atomic E-state index is 14.2. The summed E-state index contributed by atoms with van der Waals surface area (Å²) in [6, 6.07) is 36.8. The fraction of sp³-hybridized carbons (Fsp3) is 0.111. The molecule has 8 heteroatoms. The van der Waals surface area contributed by atoms with E-state index in [4.69, 9.17) is 4.99 Å². The molecule has 0 N–H and O–H groups in total. The summed E-state index contributed by atoms with van der Waals surface area (Å²) in [7, 11) is 0. The van der Waals surface area contributed by atoms with Gasteiger partial charge in [0.1, 0.15) is 0 Å². The highest BCUT2D eigenvalue weighted by Crippen LogP contribution is 2.37. The number of benzene rings is 4.